The minimum Gasteiger partial charge on any atom is -0.545 e. The van der Waals surface area contributed by atoms with Gasteiger partial charge in [0.2, 0.25) is 0 Å². The van der Waals surface area contributed by atoms with Crippen molar-refractivity contribution in [3.63, 3.8) is 0 Å². The first-order chi connectivity index (χ1) is 36.6. The molecule has 0 aliphatic carbocycles. The van der Waals surface area contributed by atoms with Crippen LogP contribution in [0, 0.1) is 0 Å². The lowest BCUT2D eigenvalue weighted by atomic mass is 10.0. The Morgan fingerprint density at radius 1 is 0.400 bits per heavy atom. The van der Waals surface area contributed by atoms with E-state index in [1.807, 2.05) is 21.1 Å². The topological polar surface area (TPSA) is 111 Å². The molecule has 0 rings (SSSR count). The Bertz CT molecular complexity index is 1320. The van der Waals surface area contributed by atoms with Crippen LogP contribution in [0.15, 0.2) is 36.5 Å². The van der Waals surface area contributed by atoms with Crippen LogP contribution in [0.25, 0.3) is 0 Å². The molecule has 2 unspecified atom stereocenters. The van der Waals surface area contributed by atoms with Gasteiger partial charge in [-0.15, -0.1) is 0 Å². The third-order valence-electron chi connectivity index (χ3n) is 14.4. The Kier molecular flexibility index (Phi) is 55.8. The van der Waals surface area contributed by atoms with Crippen LogP contribution in [0.3, 0.4) is 0 Å². The van der Waals surface area contributed by atoms with Gasteiger partial charge in [-0.05, 0) is 51.4 Å². The van der Waals surface area contributed by atoms with Gasteiger partial charge in [-0.2, -0.15) is 0 Å². The van der Waals surface area contributed by atoms with Gasteiger partial charge in [0.25, 0.3) is 0 Å². The van der Waals surface area contributed by atoms with E-state index in [2.05, 4.69) is 50.3 Å². The van der Waals surface area contributed by atoms with Crippen LogP contribution >= 0.6 is 0 Å². The first-order valence-electron chi connectivity index (χ1n) is 32.1. The summed E-state index contributed by atoms with van der Waals surface area (Å²) in [5.74, 6) is -2.27. The van der Waals surface area contributed by atoms with Crippen molar-refractivity contribution in [1.82, 2.24) is 0 Å². The highest BCUT2D eigenvalue weighted by Gasteiger charge is 2.22. The van der Waals surface area contributed by atoms with Crippen LogP contribution < -0.4 is 5.11 Å². The van der Waals surface area contributed by atoms with Crippen LogP contribution in [0.4, 0.5) is 0 Å². The summed E-state index contributed by atoms with van der Waals surface area (Å²) >= 11 is 0. The smallest absolute Gasteiger partial charge is 0.306 e. The Hall–Kier alpha value is -2.49. The number of carboxylic acid groups (broad SMARTS) is 1. The van der Waals surface area contributed by atoms with E-state index in [1.54, 1.807) is 0 Å². The molecule has 9 heteroatoms. The summed E-state index contributed by atoms with van der Waals surface area (Å²) in [4.78, 5) is 37.4. The highest BCUT2D eigenvalue weighted by molar-refractivity contribution is 5.70. The SMILES string of the molecule is CCCCCCC/C=C\C/C=C\C/C=C\CCCCCCCCCCC(=O)OC(COC(=O)CCCCCCCCCCCCCCCCCCCCCCCCCCCCC)COC(OCC[N+](C)(C)C)C(=O)[O-]. The lowest BCUT2D eigenvalue weighted by Gasteiger charge is -2.26. The van der Waals surface area contributed by atoms with Crippen molar-refractivity contribution < 1.29 is 42.9 Å². The molecule has 2 atom stereocenters. The van der Waals surface area contributed by atoms with Gasteiger partial charge in [0.1, 0.15) is 13.2 Å². The molecule has 0 aromatic heterocycles. The number of quaternary nitrogens is 1. The monoisotopic (exact) mass is 1060 g/mol. The standard InChI is InChI=1S/C66H123NO8/c1-6-8-10-12-14-16-18-20-22-24-26-28-30-31-32-33-35-36-38-40-42-44-46-48-50-52-54-56-63(68)73-60-62(61-74-66(65(70)71)72-59-58-67(3,4)5)75-64(69)57-55-53-51-49-47-45-43-41-39-37-34-29-27-25-23-21-19-17-15-13-11-9-7-2/h19,21,25,27,34,37,62,66H,6-18,20,22-24,26,28-33,35-36,38-61H2,1-5H3/b21-19-,27-25-,37-34-. The molecule has 0 bridgehead atoms. The van der Waals surface area contributed by atoms with Crippen LogP contribution in [0.1, 0.15) is 309 Å². The van der Waals surface area contributed by atoms with Gasteiger partial charge < -0.3 is 33.3 Å². The Balaban J connectivity index is 4.15. The van der Waals surface area contributed by atoms with Crippen molar-refractivity contribution in [3.05, 3.63) is 36.5 Å². The van der Waals surface area contributed by atoms with Crippen molar-refractivity contribution in [3.8, 4) is 0 Å². The average Bonchev–Trinajstić information content (AvgIpc) is 3.38. The molecule has 0 aromatic carbocycles. The molecule has 0 aromatic rings. The van der Waals surface area contributed by atoms with E-state index in [0.717, 1.165) is 57.8 Å². The molecule has 0 aliphatic heterocycles. The number of carbonyl (C=O) groups excluding carboxylic acids is 3. The fourth-order valence-electron chi connectivity index (χ4n) is 9.43. The predicted octanol–water partition coefficient (Wildman–Crippen LogP) is 17.9. The summed E-state index contributed by atoms with van der Waals surface area (Å²) in [6, 6.07) is 0. The number of aliphatic carboxylic acids is 1. The van der Waals surface area contributed by atoms with Crippen molar-refractivity contribution >= 4 is 17.9 Å². The molecular weight excluding hydrogens is 935 g/mol. The zero-order chi connectivity index (χ0) is 54.8. The summed E-state index contributed by atoms with van der Waals surface area (Å²) in [6.45, 7) is 4.78. The van der Waals surface area contributed by atoms with E-state index < -0.39 is 24.3 Å². The number of esters is 2. The summed E-state index contributed by atoms with van der Waals surface area (Å²) < 4.78 is 22.8. The van der Waals surface area contributed by atoms with Gasteiger partial charge in [0.05, 0.1) is 40.3 Å². The predicted molar refractivity (Wildman–Crippen MR) is 316 cm³/mol. The van der Waals surface area contributed by atoms with E-state index in [1.165, 1.54) is 218 Å². The van der Waals surface area contributed by atoms with Crippen LogP contribution in [0.5, 0.6) is 0 Å². The lowest BCUT2D eigenvalue weighted by Crippen LogP contribution is -2.44. The van der Waals surface area contributed by atoms with Crippen LogP contribution in [-0.2, 0) is 33.3 Å². The molecular formula is C66H123NO8. The summed E-state index contributed by atoms with van der Waals surface area (Å²) in [5, 5.41) is 11.8. The van der Waals surface area contributed by atoms with E-state index in [9.17, 15) is 19.5 Å². The number of likely N-dealkylation sites (N-methyl/N-ethyl adjacent to an activating group) is 1. The van der Waals surface area contributed by atoms with Gasteiger partial charge in [-0.25, -0.2) is 0 Å². The maximum Gasteiger partial charge on any atom is 0.306 e. The van der Waals surface area contributed by atoms with E-state index in [0.29, 0.717) is 23.9 Å². The minimum absolute atomic E-state index is 0.147. The summed E-state index contributed by atoms with van der Waals surface area (Å²) in [5.41, 5.74) is 0. The van der Waals surface area contributed by atoms with E-state index in [-0.39, 0.29) is 32.2 Å². The van der Waals surface area contributed by atoms with Gasteiger partial charge in [-0.3, -0.25) is 9.59 Å². The molecule has 75 heavy (non-hydrogen) atoms. The molecule has 440 valence electrons. The van der Waals surface area contributed by atoms with Gasteiger partial charge in [0.15, 0.2) is 12.4 Å². The first-order valence-corrected chi connectivity index (χ1v) is 32.1. The first kappa shape index (κ1) is 72.5. The number of unbranched alkanes of at least 4 members (excludes halogenated alkanes) is 39. The number of ether oxygens (including phenoxy) is 4. The number of hydrogen-bond acceptors (Lipinski definition) is 8. The molecule has 0 spiro atoms. The number of allylic oxidation sites excluding steroid dienone is 6. The third kappa shape index (κ3) is 59.0. The third-order valence-corrected chi connectivity index (χ3v) is 14.4. The second-order valence-corrected chi connectivity index (χ2v) is 23.1. The Morgan fingerprint density at radius 2 is 0.720 bits per heavy atom. The Morgan fingerprint density at radius 3 is 1.07 bits per heavy atom. The highest BCUT2D eigenvalue weighted by atomic mass is 16.7. The average molecular weight is 1060 g/mol. The van der Waals surface area contributed by atoms with Crippen molar-refractivity contribution in [1.29, 1.82) is 0 Å². The van der Waals surface area contributed by atoms with Crippen LogP contribution in [-0.4, -0.2) is 82.3 Å². The number of nitrogens with zero attached hydrogens (tertiary/aromatic N) is 1. The minimum atomic E-state index is -1.62. The van der Waals surface area contributed by atoms with Crippen molar-refractivity contribution in [2.45, 2.75) is 322 Å². The maximum absolute atomic E-state index is 12.9. The number of rotatable bonds is 60. The maximum atomic E-state index is 12.9. The molecule has 0 amide bonds. The Labute approximate surface area is 464 Å². The van der Waals surface area contributed by atoms with E-state index in [4.69, 9.17) is 18.9 Å². The van der Waals surface area contributed by atoms with Gasteiger partial charge >= 0.3 is 11.9 Å². The molecule has 9 nitrogen and oxygen atoms in total. The van der Waals surface area contributed by atoms with Gasteiger partial charge in [0, 0.05) is 12.8 Å². The van der Waals surface area contributed by atoms with Gasteiger partial charge in [-0.1, -0.05) is 281 Å². The second-order valence-electron chi connectivity index (χ2n) is 23.1. The van der Waals surface area contributed by atoms with E-state index >= 15 is 0 Å². The summed E-state index contributed by atoms with van der Waals surface area (Å²) in [6.07, 6.45) is 67.8. The van der Waals surface area contributed by atoms with Crippen molar-refractivity contribution in [2.24, 2.45) is 0 Å². The van der Waals surface area contributed by atoms with Crippen LogP contribution in [0.2, 0.25) is 0 Å². The zero-order valence-corrected chi connectivity index (χ0v) is 50.2. The highest BCUT2D eigenvalue weighted by Crippen LogP contribution is 2.18. The quantitative estimate of drug-likeness (QED) is 0.0195. The molecule has 0 fully saturated rings. The normalized spacial score (nSPS) is 12.9. The summed E-state index contributed by atoms with van der Waals surface area (Å²) in [7, 11) is 5.93. The number of carbonyl (C=O) groups is 3. The second kappa shape index (κ2) is 57.7. The number of carboxylic acids is 1. The molecule has 0 N–H and O–H groups in total. The van der Waals surface area contributed by atoms with Crippen molar-refractivity contribution in [2.75, 3.05) is 47.5 Å². The fourth-order valence-corrected chi connectivity index (χ4v) is 9.43. The molecule has 0 saturated heterocycles. The zero-order valence-electron chi connectivity index (χ0n) is 50.2. The number of hydrogen-bond donors (Lipinski definition) is 0. The molecule has 0 radical (unpaired) electrons. The fraction of sp³-hybridized carbons (Fsp3) is 0.864. The largest absolute Gasteiger partial charge is 0.545 e. The molecule has 0 aliphatic rings. The molecule has 0 saturated carbocycles. The lowest BCUT2D eigenvalue weighted by molar-refractivity contribution is -0.870. The molecule has 0 heterocycles.